The molecule has 0 aromatic carbocycles. The summed E-state index contributed by atoms with van der Waals surface area (Å²) in [6, 6.07) is 0. The van der Waals surface area contributed by atoms with Gasteiger partial charge in [-0.1, -0.05) is 0 Å². The first kappa shape index (κ1) is 21.3. The largest absolute Gasteiger partial charge is 0.394 e. The van der Waals surface area contributed by atoms with Gasteiger partial charge in [-0.15, -0.1) is 0 Å². The van der Waals surface area contributed by atoms with E-state index in [9.17, 15) is 30.6 Å². The fraction of sp³-hybridized carbons (Fsp3) is 1.00. The number of rotatable bonds is 6. The van der Waals surface area contributed by atoms with E-state index in [0.29, 0.717) is 0 Å². The Labute approximate surface area is 149 Å². The first-order valence-corrected chi connectivity index (χ1v) is 8.89. The van der Waals surface area contributed by atoms with Gasteiger partial charge >= 0.3 is 0 Å². The van der Waals surface area contributed by atoms with Crippen LogP contribution in [-0.4, -0.2) is 118 Å². The van der Waals surface area contributed by atoms with Gasteiger partial charge in [0.15, 0.2) is 12.6 Å². The Kier molecular flexibility index (Phi) is 7.85. The second kappa shape index (κ2) is 9.24. The van der Waals surface area contributed by atoms with Crippen molar-refractivity contribution in [1.82, 2.24) is 0 Å². The summed E-state index contributed by atoms with van der Waals surface area (Å²) in [7, 11) is 2.63. The third-order valence-corrected chi connectivity index (χ3v) is 5.87. The van der Waals surface area contributed by atoms with Crippen molar-refractivity contribution in [2.75, 3.05) is 26.6 Å². The van der Waals surface area contributed by atoms with Crippen LogP contribution in [0.4, 0.5) is 0 Å². The Hall–Kier alpha value is -0.0500. The van der Waals surface area contributed by atoms with Gasteiger partial charge in [0, 0.05) is 20.0 Å². The summed E-state index contributed by atoms with van der Waals surface area (Å²) in [6.07, 6.45) is -10.5. The van der Waals surface area contributed by atoms with Crippen LogP contribution >= 0.6 is 11.8 Å². The average molecular weight is 386 g/mol. The highest BCUT2D eigenvalue weighted by atomic mass is 32.2. The lowest BCUT2D eigenvalue weighted by molar-refractivity contribution is -0.285. The summed E-state index contributed by atoms with van der Waals surface area (Å²) < 4.78 is 20.6. The summed E-state index contributed by atoms with van der Waals surface area (Å²) in [5, 5.41) is 58.7. The highest BCUT2D eigenvalue weighted by molar-refractivity contribution is 8.00. The van der Waals surface area contributed by atoms with Crippen LogP contribution in [0.15, 0.2) is 0 Å². The van der Waals surface area contributed by atoms with Crippen molar-refractivity contribution in [3.63, 3.8) is 0 Å². The van der Waals surface area contributed by atoms with Gasteiger partial charge in [-0.05, 0) is 0 Å². The van der Waals surface area contributed by atoms with E-state index in [2.05, 4.69) is 0 Å². The van der Waals surface area contributed by atoms with Gasteiger partial charge in [0.1, 0.15) is 30.5 Å². The van der Waals surface area contributed by atoms with Crippen molar-refractivity contribution in [1.29, 1.82) is 0 Å². The Bertz CT molecular complexity index is 397. The van der Waals surface area contributed by atoms with Crippen molar-refractivity contribution < 1.29 is 49.6 Å². The number of hydrogen-bond acceptors (Lipinski definition) is 11. The van der Waals surface area contributed by atoms with Gasteiger partial charge in [0.05, 0.1) is 24.1 Å². The number of aliphatic hydroxyl groups excluding tert-OH is 6. The van der Waals surface area contributed by atoms with Crippen LogP contribution in [-0.2, 0) is 18.9 Å². The first-order valence-electron chi connectivity index (χ1n) is 7.85. The zero-order valence-electron chi connectivity index (χ0n) is 13.9. The van der Waals surface area contributed by atoms with Gasteiger partial charge in [0.25, 0.3) is 0 Å². The van der Waals surface area contributed by atoms with Gasteiger partial charge < -0.3 is 49.6 Å². The minimum atomic E-state index is -1.45. The topological polar surface area (TPSA) is 158 Å². The number of methoxy groups -OCH3 is 2. The third kappa shape index (κ3) is 4.45. The summed E-state index contributed by atoms with van der Waals surface area (Å²) in [4.78, 5) is 0. The second-order valence-electron chi connectivity index (χ2n) is 5.99. The molecule has 0 aromatic heterocycles. The molecule has 0 unspecified atom stereocenters. The van der Waals surface area contributed by atoms with E-state index in [4.69, 9.17) is 18.9 Å². The molecule has 25 heavy (non-hydrogen) atoms. The smallest absolute Gasteiger partial charge is 0.186 e. The molecule has 2 rings (SSSR count). The molecule has 0 radical (unpaired) electrons. The molecule has 2 aliphatic rings. The lowest BCUT2D eigenvalue weighted by atomic mass is 10.00. The molecule has 0 saturated carbocycles. The number of aliphatic hydroxyl groups is 6. The van der Waals surface area contributed by atoms with Crippen LogP contribution in [0.3, 0.4) is 0 Å². The maximum absolute atomic E-state index is 10.3. The maximum atomic E-state index is 10.3. The van der Waals surface area contributed by atoms with Crippen molar-refractivity contribution in [3.05, 3.63) is 0 Å². The zero-order chi connectivity index (χ0) is 18.7. The van der Waals surface area contributed by atoms with Crippen molar-refractivity contribution in [2.24, 2.45) is 0 Å². The Balaban J connectivity index is 2.02. The minimum Gasteiger partial charge on any atom is -0.394 e. The predicted molar refractivity (Wildman–Crippen MR) is 84.7 cm³/mol. The maximum Gasteiger partial charge on any atom is 0.186 e. The predicted octanol–water partition coefficient (Wildman–Crippen LogP) is -3.37. The average Bonchev–Trinajstić information content (AvgIpc) is 2.61. The van der Waals surface area contributed by atoms with Crippen LogP contribution in [0.25, 0.3) is 0 Å². The molecule has 0 bridgehead atoms. The molecular formula is C14H26O10S. The summed E-state index contributed by atoms with van der Waals surface area (Å²) in [5.74, 6) is 0.0815. The molecule has 0 spiro atoms. The van der Waals surface area contributed by atoms with E-state index < -0.39 is 67.2 Å². The highest BCUT2D eigenvalue weighted by Gasteiger charge is 2.47. The summed E-state index contributed by atoms with van der Waals surface area (Å²) >= 11 is 1.07. The van der Waals surface area contributed by atoms with E-state index in [1.54, 1.807) is 0 Å². The third-order valence-electron chi connectivity index (χ3n) is 4.41. The van der Waals surface area contributed by atoms with Crippen molar-refractivity contribution >= 4 is 11.8 Å². The minimum absolute atomic E-state index is 0.0815. The fourth-order valence-corrected chi connectivity index (χ4v) is 4.29. The Morgan fingerprint density at radius 2 is 1.32 bits per heavy atom. The molecule has 0 aromatic rings. The van der Waals surface area contributed by atoms with Crippen molar-refractivity contribution in [3.8, 4) is 0 Å². The number of hydrogen-bond donors (Lipinski definition) is 6. The Morgan fingerprint density at radius 1 is 0.760 bits per heavy atom. The molecule has 2 aliphatic heterocycles. The van der Waals surface area contributed by atoms with Gasteiger partial charge in [-0.25, -0.2) is 0 Å². The molecule has 2 heterocycles. The quantitative estimate of drug-likeness (QED) is 0.271. The van der Waals surface area contributed by atoms with E-state index in [-0.39, 0.29) is 5.75 Å². The fourth-order valence-electron chi connectivity index (χ4n) is 2.90. The zero-order valence-corrected chi connectivity index (χ0v) is 14.7. The summed E-state index contributed by atoms with van der Waals surface area (Å²) in [5.41, 5.74) is 0. The molecule has 6 N–H and O–H groups in total. The molecule has 10 atom stereocenters. The molecule has 0 aliphatic carbocycles. The standard InChI is InChI=1S/C14H26O10S/c1-21-13-10(19)9(18)7(16)6(24-13)4-25-12-8(17)5(3-15)23-14(22-2)11(12)20/h5-20H,3-4H2,1-2H3/t5-,6-,7-,8-,9+,10+,11-,12-,13+,14-/m1/s1. The SMILES string of the molecule is CO[C@H]1O[C@H](CS[C@H]2[C@@H](O)[C@H](OC)O[C@H](CO)[C@H]2O)[C@@H](O)[C@H](O)[C@@H]1O. The van der Waals surface area contributed by atoms with Crippen LogP contribution in [0.2, 0.25) is 0 Å². The van der Waals surface area contributed by atoms with E-state index in [0.717, 1.165) is 11.8 Å². The van der Waals surface area contributed by atoms with Gasteiger partial charge in [-0.3, -0.25) is 0 Å². The van der Waals surface area contributed by atoms with E-state index in [1.165, 1.54) is 14.2 Å². The molecular weight excluding hydrogens is 360 g/mol. The number of ether oxygens (including phenoxy) is 4. The Morgan fingerprint density at radius 3 is 1.88 bits per heavy atom. The van der Waals surface area contributed by atoms with Gasteiger partial charge in [-0.2, -0.15) is 11.8 Å². The molecule has 0 amide bonds. The lowest BCUT2D eigenvalue weighted by Gasteiger charge is -2.43. The summed E-state index contributed by atoms with van der Waals surface area (Å²) in [6.45, 7) is -0.454. The monoisotopic (exact) mass is 386 g/mol. The van der Waals surface area contributed by atoms with Gasteiger partial charge in [0.2, 0.25) is 0 Å². The second-order valence-corrected chi connectivity index (χ2v) is 7.20. The van der Waals surface area contributed by atoms with E-state index in [1.807, 2.05) is 0 Å². The molecule has 10 nitrogen and oxygen atoms in total. The van der Waals surface area contributed by atoms with E-state index >= 15 is 0 Å². The molecule has 148 valence electrons. The number of thioether (sulfide) groups is 1. The molecule has 11 heteroatoms. The normalized spacial score (nSPS) is 48.5. The van der Waals surface area contributed by atoms with Crippen molar-refractivity contribution in [2.45, 2.75) is 60.6 Å². The molecule has 2 saturated heterocycles. The van der Waals surface area contributed by atoms with Crippen LogP contribution < -0.4 is 0 Å². The van der Waals surface area contributed by atoms with Crippen LogP contribution in [0.1, 0.15) is 0 Å². The first-order chi connectivity index (χ1) is 11.8. The molecule has 2 fully saturated rings. The van der Waals surface area contributed by atoms with Crippen LogP contribution in [0, 0.1) is 0 Å². The lowest BCUT2D eigenvalue weighted by Crippen LogP contribution is -2.60. The highest BCUT2D eigenvalue weighted by Crippen LogP contribution is 2.33. The van der Waals surface area contributed by atoms with Crippen LogP contribution in [0.5, 0.6) is 0 Å².